The molecule has 1 aromatic carbocycles. The summed E-state index contributed by atoms with van der Waals surface area (Å²) in [6.45, 7) is 4.23. The van der Waals surface area contributed by atoms with Gasteiger partial charge in [0.1, 0.15) is 0 Å². The van der Waals surface area contributed by atoms with E-state index in [4.69, 9.17) is 27.9 Å². The minimum atomic E-state index is -0.534. The minimum absolute atomic E-state index is 0.0473. The first-order valence-electron chi connectivity index (χ1n) is 9.30. The van der Waals surface area contributed by atoms with Crippen LogP contribution in [0.4, 0.5) is 0 Å². The number of Topliss-reactive ketones (excluding diaryl/α,β-unsaturated/α-hetero) is 1. The Hall–Kier alpha value is -1.78. The number of hydrogen-bond acceptors (Lipinski definition) is 4. The standard InChI is InChI=1S/C21H23Cl2NO3/c1-3-4-10-27-21(26)18-12(2)24-16-6-5-7-17(25)20(16)19(18)14-9-8-13(22)11-15(14)23/h8-9,11,19,24H,3-7,10H2,1-2H3/t19-/m0/s1. The first-order chi connectivity index (χ1) is 12.9. The van der Waals surface area contributed by atoms with Gasteiger partial charge in [0.2, 0.25) is 0 Å². The van der Waals surface area contributed by atoms with Crippen molar-refractivity contribution in [2.75, 3.05) is 6.61 Å². The van der Waals surface area contributed by atoms with Gasteiger partial charge in [0, 0.05) is 39.4 Å². The van der Waals surface area contributed by atoms with Crippen molar-refractivity contribution in [2.24, 2.45) is 0 Å². The third-order valence-corrected chi connectivity index (χ3v) is 5.56. The maximum Gasteiger partial charge on any atom is 0.336 e. The highest BCUT2D eigenvalue weighted by Crippen LogP contribution is 2.44. The van der Waals surface area contributed by atoms with Crippen LogP contribution >= 0.6 is 23.2 Å². The van der Waals surface area contributed by atoms with Crippen LogP contribution in [0.25, 0.3) is 0 Å². The van der Waals surface area contributed by atoms with Crippen LogP contribution in [-0.2, 0) is 14.3 Å². The highest BCUT2D eigenvalue weighted by atomic mass is 35.5. The lowest BCUT2D eigenvalue weighted by Crippen LogP contribution is -2.34. The second kappa shape index (κ2) is 8.49. The third-order valence-electron chi connectivity index (χ3n) is 5.00. The Balaban J connectivity index is 2.09. The number of ketones is 1. The molecule has 0 bridgehead atoms. The SMILES string of the molecule is CCCCOC(=O)C1=C(C)NC2=C(C(=O)CCC2)[C@H]1c1ccc(Cl)cc1Cl. The van der Waals surface area contributed by atoms with Crippen molar-refractivity contribution in [3.8, 4) is 0 Å². The van der Waals surface area contributed by atoms with Gasteiger partial charge in [-0.25, -0.2) is 4.79 Å². The first-order valence-corrected chi connectivity index (χ1v) is 10.1. The van der Waals surface area contributed by atoms with Gasteiger partial charge in [-0.05, 0) is 43.9 Å². The van der Waals surface area contributed by atoms with Crippen LogP contribution < -0.4 is 5.32 Å². The second-order valence-corrected chi connectivity index (χ2v) is 7.76. The van der Waals surface area contributed by atoms with Crippen molar-refractivity contribution in [1.82, 2.24) is 5.32 Å². The molecule has 0 fully saturated rings. The summed E-state index contributed by atoms with van der Waals surface area (Å²) < 4.78 is 5.48. The van der Waals surface area contributed by atoms with E-state index in [0.717, 1.165) is 31.4 Å². The second-order valence-electron chi connectivity index (χ2n) is 6.92. The van der Waals surface area contributed by atoms with Gasteiger partial charge in [0.15, 0.2) is 5.78 Å². The number of dihydropyridines is 1. The van der Waals surface area contributed by atoms with Crippen molar-refractivity contribution in [1.29, 1.82) is 0 Å². The maximum atomic E-state index is 12.9. The average molecular weight is 408 g/mol. The number of allylic oxidation sites excluding steroid dienone is 3. The van der Waals surface area contributed by atoms with Crippen molar-refractivity contribution in [3.05, 3.63) is 56.3 Å². The molecule has 1 aromatic rings. The highest BCUT2D eigenvalue weighted by molar-refractivity contribution is 6.35. The van der Waals surface area contributed by atoms with Gasteiger partial charge >= 0.3 is 5.97 Å². The summed E-state index contributed by atoms with van der Waals surface area (Å²) in [6.07, 6.45) is 3.78. The van der Waals surface area contributed by atoms with Gasteiger partial charge < -0.3 is 10.1 Å². The minimum Gasteiger partial charge on any atom is -0.462 e. The van der Waals surface area contributed by atoms with Crippen molar-refractivity contribution in [3.63, 3.8) is 0 Å². The van der Waals surface area contributed by atoms with Crippen LogP contribution in [0.1, 0.15) is 57.4 Å². The fourth-order valence-corrected chi connectivity index (χ4v) is 4.21. The number of hydrogen-bond donors (Lipinski definition) is 1. The highest BCUT2D eigenvalue weighted by Gasteiger charge is 2.39. The molecule has 0 aromatic heterocycles. The fourth-order valence-electron chi connectivity index (χ4n) is 3.69. The van der Waals surface area contributed by atoms with E-state index >= 15 is 0 Å². The van der Waals surface area contributed by atoms with Crippen LogP contribution in [0.5, 0.6) is 0 Å². The predicted octanol–water partition coefficient (Wildman–Crippen LogP) is 5.30. The van der Waals surface area contributed by atoms with Gasteiger partial charge in [0.25, 0.3) is 0 Å². The van der Waals surface area contributed by atoms with Crippen LogP contribution in [0.2, 0.25) is 10.0 Å². The zero-order chi connectivity index (χ0) is 19.6. The summed E-state index contributed by atoms with van der Waals surface area (Å²) >= 11 is 12.5. The third kappa shape index (κ3) is 4.07. The van der Waals surface area contributed by atoms with Gasteiger partial charge in [-0.2, -0.15) is 0 Å². The largest absolute Gasteiger partial charge is 0.462 e. The zero-order valence-electron chi connectivity index (χ0n) is 15.5. The van der Waals surface area contributed by atoms with Crippen molar-refractivity contribution < 1.29 is 14.3 Å². The lowest BCUT2D eigenvalue weighted by molar-refractivity contribution is -0.139. The van der Waals surface area contributed by atoms with E-state index in [1.807, 2.05) is 13.8 Å². The topological polar surface area (TPSA) is 55.4 Å². The molecule has 3 rings (SSSR count). The molecule has 0 saturated heterocycles. The summed E-state index contributed by atoms with van der Waals surface area (Å²) in [5, 5.41) is 4.21. The Morgan fingerprint density at radius 1 is 1.30 bits per heavy atom. The molecule has 1 aliphatic carbocycles. The number of rotatable bonds is 5. The van der Waals surface area contributed by atoms with Gasteiger partial charge in [-0.3, -0.25) is 4.79 Å². The number of esters is 1. The quantitative estimate of drug-likeness (QED) is 0.530. The van der Waals surface area contributed by atoms with Gasteiger partial charge in [0.05, 0.1) is 12.2 Å². The Kier molecular flexibility index (Phi) is 6.28. The van der Waals surface area contributed by atoms with E-state index in [9.17, 15) is 9.59 Å². The molecule has 6 heteroatoms. The van der Waals surface area contributed by atoms with Crippen LogP contribution in [0.15, 0.2) is 40.7 Å². The molecule has 0 unspecified atom stereocenters. The molecule has 27 heavy (non-hydrogen) atoms. The number of unbranched alkanes of at least 4 members (excludes halogenated alkanes) is 1. The monoisotopic (exact) mass is 407 g/mol. The molecule has 0 saturated carbocycles. The molecular weight excluding hydrogens is 385 g/mol. The lowest BCUT2D eigenvalue weighted by Gasteiger charge is -2.34. The number of ether oxygens (including phenoxy) is 1. The average Bonchev–Trinajstić information content (AvgIpc) is 2.61. The van der Waals surface area contributed by atoms with Crippen LogP contribution in [-0.4, -0.2) is 18.4 Å². The van der Waals surface area contributed by atoms with E-state index in [1.165, 1.54) is 0 Å². The predicted molar refractivity (Wildman–Crippen MR) is 107 cm³/mol. The molecule has 0 radical (unpaired) electrons. The fraction of sp³-hybridized carbons (Fsp3) is 0.429. The summed E-state index contributed by atoms with van der Waals surface area (Å²) in [4.78, 5) is 25.7. The van der Waals surface area contributed by atoms with Crippen molar-refractivity contribution in [2.45, 2.75) is 51.9 Å². The molecule has 0 spiro atoms. The van der Waals surface area contributed by atoms with Crippen LogP contribution in [0, 0.1) is 0 Å². The Bertz CT molecular complexity index is 842. The molecule has 1 atom stereocenters. The van der Waals surface area contributed by atoms with E-state index in [1.54, 1.807) is 18.2 Å². The molecule has 1 N–H and O–H groups in total. The molecular formula is C21H23Cl2NO3. The zero-order valence-corrected chi connectivity index (χ0v) is 17.0. The van der Waals surface area contributed by atoms with E-state index in [0.29, 0.717) is 45.5 Å². The van der Waals surface area contributed by atoms with E-state index in [2.05, 4.69) is 5.32 Å². The molecule has 2 aliphatic rings. The normalized spacial score (nSPS) is 19.7. The molecule has 1 aliphatic heterocycles. The molecule has 4 nitrogen and oxygen atoms in total. The molecule has 1 heterocycles. The Labute approximate surface area is 169 Å². The number of nitrogens with one attached hydrogen (secondary N) is 1. The molecule has 0 amide bonds. The van der Waals surface area contributed by atoms with E-state index in [-0.39, 0.29) is 5.78 Å². The first kappa shape index (κ1) is 20.0. The number of carbonyl (C=O) groups excluding carboxylic acids is 2. The van der Waals surface area contributed by atoms with Crippen LogP contribution in [0.3, 0.4) is 0 Å². The summed E-state index contributed by atoms with van der Waals surface area (Å²) in [5.41, 5.74) is 3.36. The Morgan fingerprint density at radius 3 is 2.78 bits per heavy atom. The smallest absolute Gasteiger partial charge is 0.336 e. The number of benzene rings is 1. The summed E-state index contributed by atoms with van der Waals surface area (Å²) in [5.74, 6) is -0.895. The number of carbonyl (C=O) groups is 2. The summed E-state index contributed by atoms with van der Waals surface area (Å²) in [7, 11) is 0. The lowest BCUT2D eigenvalue weighted by atomic mass is 9.75. The van der Waals surface area contributed by atoms with Gasteiger partial charge in [-0.15, -0.1) is 0 Å². The van der Waals surface area contributed by atoms with Gasteiger partial charge in [-0.1, -0.05) is 42.6 Å². The molecule has 144 valence electrons. The Morgan fingerprint density at radius 2 is 2.07 bits per heavy atom. The maximum absolute atomic E-state index is 12.9. The van der Waals surface area contributed by atoms with E-state index < -0.39 is 11.9 Å². The summed E-state index contributed by atoms with van der Waals surface area (Å²) in [6, 6.07) is 5.16. The number of halogens is 2. The van der Waals surface area contributed by atoms with Crippen molar-refractivity contribution >= 4 is 35.0 Å².